The lowest BCUT2D eigenvalue weighted by molar-refractivity contribution is -0.136. The van der Waals surface area contributed by atoms with Crippen LogP contribution in [0.15, 0.2) is 30.3 Å². The normalized spacial score (nSPS) is 18.5. The van der Waals surface area contributed by atoms with Crippen LogP contribution in [0.5, 0.6) is 5.75 Å². The number of nitrogens with zero attached hydrogens (tertiary/aromatic N) is 2. The van der Waals surface area contributed by atoms with E-state index in [1.807, 2.05) is 0 Å². The second-order valence-corrected chi connectivity index (χ2v) is 11.7. The van der Waals surface area contributed by atoms with E-state index in [1.165, 1.54) is 37.8 Å². The van der Waals surface area contributed by atoms with Gasteiger partial charge in [-0.05, 0) is 108 Å². The SMILES string of the molecule is Cc1cccc(CN2CCC(C(=O)N(Cc3cc(I)c4c(c3)CCCCO4)CC(C)C)C2)c1C. The van der Waals surface area contributed by atoms with Crippen molar-refractivity contribution in [2.75, 3.05) is 26.2 Å². The third kappa shape index (κ3) is 6.14. The maximum absolute atomic E-state index is 13.7. The van der Waals surface area contributed by atoms with Gasteiger partial charge in [0.15, 0.2) is 0 Å². The highest BCUT2D eigenvalue weighted by atomic mass is 127. The molecular weight excluding hydrogens is 535 g/mol. The van der Waals surface area contributed by atoms with Crippen molar-refractivity contribution in [3.8, 4) is 5.75 Å². The summed E-state index contributed by atoms with van der Waals surface area (Å²) in [5.74, 6) is 1.91. The summed E-state index contributed by atoms with van der Waals surface area (Å²) >= 11 is 2.40. The average Bonchev–Trinajstić information content (AvgIpc) is 3.12. The number of benzene rings is 2. The zero-order chi connectivity index (χ0) is 24.2. The molecule has 0 spiro atoms. The highest BCUT2D eigenvalue weighted by Gasteiger charge is 2.32. The Morgan fingerprint density at radius 2 is 2.06 bits per heavy atom. The topological polar surface area (TPSA) is 32.8 Å². The highest BCUT2D eigenvalue weighted by molar-refractivity contribution is 14.1. The number of carbonyl (C=O) groups excluding carboxylic acids is 1. The molecule has 34 heavy (non-hydrogen) atoms. The van der Waals surface area contributed by atoms with Crippen molar-refractivity contribution in [1.29, 1.82) is 0 Å². The number of hydrogen-bond donors (Lipinski definition) is 0. The van der Waals surface area contributed by atoms with E-state index in [0.717, 1.165) is 57.8 Å². The quantitative estimate of drug-likeness (QED) is 0.373. The minimum atomic E-state index is 0.0899. The molecule has 1 saturated heterocycles. The lowest BCUT2D eigenvalue weighted by Crippen LogP contribution is -2.39. The number of likely N-dealkylation sites (tertiary alicyclic amines) is 1. The molecule has 0 saturated carbocycles. The van der Waals surface area contributed by atoms with Gasteiger partial charge in [-0.1, -0.05) is 38.1 Å². The molecule has 0 N–H and O–H groups in total. The summed E-state index contributed by atoms with van der Waals surface area (Å²) in [5, 5.41) is 0. The number of halogens is 1. The van der Waals surface area contributed by atoms with Gasteiger partial charge in [0.2, 0.25) is 5.91 Å². The first-order chi connectivity index (χ1) is 16.3. The van der Waals surface area contributed by atoms with Crippen molar-refractivity contribution in [3.63, 3.8) is 0 Å². The Bertz CT molecular complexity index is 1020. The van der Waals surface area contributed by atoms with E-state index in [1.54, 1.807) is 0 Å². The first-order valence-corrected chi connectivity index (χ1v) is 13.9. The summed E-state index contributed by atoms with van der Waals surface area (Å²) in [7, 11) is 0. The molecule has 2 aromatic rings. The largest absolute Gasteiger partial charge is 0.492 e. The summed E-state index contributed by atoms with van der Waals surface area (Å²) in [6.07, 6.45) is 4.29. The van der Waals surface area contributed by atoms with Crippen molar-refractivity contribution in [3.05, 3.63) is 61.7 Å². The fourth-order valence-corrected chi connectivity index (χ4v) is 6.20. The van der Waals surface area contributed by atoms with Gasteiger partial charge >= 0.3 is 0 Å². The standard InChI is InChI=1S/C29H39IN2O2/c1-20(2)16-32(17-23-14-24-9-5-6-13-34-28(24)27(30)15-23)29(33)26-11-12-31(19-26)18-25-10-7-8-21(3)22(25)4/h7-8,10,14-15,20,26H,5-6,9,11-13,16-19H2,1-4H3. The summed E-state index contributed by atoms with van der Waals surface area (Å²) in [6, 6.07) is 11.0. The van der Waals surface area contributed by atoms with Crippen molar-refractivity contribution in [2.24, 2.45) is 11.8 Å². The molecular formula is C29H39IN2O2. The van der Waals surface area contributed by atoms with Gasteiger partial charge in [0.1, 0.15) is 5.75 Å². The predicted octanol–water partition coefficient (Wildman–Crippen LogP) is 6.13. The Balaban J connectivity index is 1.45. The van der Waals surface area contributed by atoms with E-state index in [-0.39, 0.29) is 5.92 Å². The molecule has 5 heteroatoms. The Kier molecular flexibility index (Phi) is 8.57. The molecule has 0 bridgehead atoms. The monoisotopic (exact) mass is 574 g/mol. The van der Waals surface area contributed by atoms with Crippen LogP contribution in [-0.2, 0) is 24.3 Å². The first-order valence-electron chi connectivity index (χ1n) is 12.8. The van der Waals surface area contributed by atoms with Gasteiger partial charge in [-0.25, -0.2) is 0 Å². The number of amides is 1. The molecule has 0 aliphatic carbocycles. The number of carbonyl (C=O) groups is 1. The zero-order valence-electron chi connectivity index (χ0n) is 21.2. The Morgan fingerprint density at radius 1 is 1.24 bits per heavy atom. The van der Waals surface area contributed by atoms with Crippen molar-refractivity contribution in [2.45, 2.75) is 66.5 Å². The Hall–Kier alpha value is -1.60. The van der Waals surface area contributed by atoms with Crippen LogP contribution in [-0.4, -0.2) is 41.9 Å². The number of aryl methyl sites for hydroxylation is 2. The number of rotatable bonds is 7. The molecule has 4 rings (SSSR count). The zero-order valence-corrected chi connectivity index (χ0v) is 23.4. The molecule has 4 nitrogen and oxygen atoms in total. The number of hydrogen-bond acceptors (Lipinski definition) is 3. The number of ether oxygens (including phenoxy) is 1. The second-order valence-electron chi connectivity index (χ2n) is 10.6. The lowest BCUT2D eigenvalue weighted by atomic mass is 10.0. The van der Waals surface area contributed by atoms with Crippen molar-refractivity contribution < 1.29 is 9.53 Å². The van der Waals surface area contributed by atoms with Gasteiger partial charge in [0.25, 0.3) is 0 Å². The van der Waals surface area contributed by atoms with Gasteiger partial charge in [0, 0.05) is 26.2 Å². The highest BCUT2D eigenvalue weighted by Crippen LogP contribution is 2.32. The third-order valence-corrected chi connectivity index (χ3v) is 8.07. The molecule has 1 amide bonds. The second kappa shape index (κ2) is 11.4. The maximum Gasteiger partial charge on any atom is 0.227 e. The molecule has 2 aliphatic heterocycles. The van der Waals surface area contributed by atoms with E-state index in [9.17, 15) is 4.79 Å². The van der Waals surface area contributed by atoms with E-state index < -0.39 is 0 Å². The average molecular weight is 575 g/mol. The van der Waals surface area contributed by atoms with Gasteiger partial charge in [-0.2, -0.15) is 0 Å². The van der Waals surface area contributed by atoms with Crippen LogP contribution in [0.25, 0.3) is 0 Å². The van der Waals surface area contributed by atoms with E-state index in [2.05, 4.69) is 90.4 Å². The fraction of sp³-hybridized carbons (Fsp3) is 0.552. The third-order valence-electron chi connectivity index (χ3n) is 7.27. The van der Waals surface area contributed by atoms with Crippen molar-refractivity contribution in [1.82, 2.24) is 9.80 Å². The lowest BCUT2D eigenvalue weighted by Gasteiger charge is -2.28. The summed E-state index contributed by atoms with van der Waals surface area (Å²) in [6.45, 7) is 13.9. The Labute approximate surface area is 219 Å². The van der Waals surface area contributed by atoms with Crippen LogP contribution in [0.3, 0.4) is 0 Å². The minimum Gasteiger partial charge on any atom is -0.492 e. The van der Waals surface area contributed by atoms with Crippen LogP contribution in [0.4, 0.5) is 0 Å². The van der Waals surface area contributed by atoms with E-state index in [4.69, 9.17) is 4.74 Å². The molecule has 0 aromatic heterocycles. The van der Waals surface area contributed by atoms with Crippen molar-refractivity contribution >= 4 is 28.5 Å². The van der Waals surface area contributed by atoms with Crippen LogP contribution in [0.2, 0.25) is 0 Å². The molecule has 1 unspecified atom stereocenters. The van der Waals surface area contributed by atoms with Gasteiger partial charge in [-0.3, -0.25) is 9.69 Å². The number of fused-ring (bicyclic) bond motifs is 1. The Morgan fingerprint density at radius 3 is 2.85 bits per heavy atom. The molecule has 2 aliphatic rings. The van der Waals surface area contributed by atoms with Gasteiger partial charge in [-0.15, -0.1) is 0 Å². The van der Waals surface area contributed by atoms with E-state index >= 15 is 0 Å². The molecule has 0 radical (unpaired) electrons. The van der Waals surface area contributed by atoms with Crippen LogP contribution < -0.4 is 4.74 Å². The smallest absolute Gasteiger partial charge is 0.227 e. The van der Waals surface area contributed by atoms with Gasteiger partial charge < -0.3 is 9.64 Å². The summed E-state index contributed by atoms with van der Waals surface area (Å²) < 4.78 is 7.19. The van der Waals surface area contributed by atoms with E-state index in [0.29, 0.717) is 18.4 Å². The minimum absolute atomic E-state index is 0.0899. The fourth-order valence-electron chi connectivity index (χ4n) is 5.30. The predicted molar refractivity (Wildman–Crippen MR) is 147 cm³/mol. The van der Waals surface area contributed by atoms with Crippen LogP contribution in [0, 0.1) is 29.3 Å². The van der Waals surface area contributed by atoms with Gasteiger partial charge in [0.05, 0.1) is 16.1 Å². The first kappa shape index (κ1) is 25.5. The maximum atomic E-state index is 13.7. The molecule has 1 atom stereocenters. The molecule has 1 fully saturated rings. The molecule has 184 valence electrons. The summed E-state index contributed by atoms with van der Waals surface area (Å²) in [5.41, 5.74) is 6.63. The van der Waals surface area contributed by atoms with Crippen LogP contribution >= 0.6 is 22.6 Å². The summed E-state index contributed by atoms with van der Waals surface area (Å²) in [4.78, 5) is 18.3. The van der Waals surface area contributed by atoms with Crippen LogP contribution in [0.1, 0.15) is 60.9 Å². The molecule has 2 aromatic carbocycles. The molecule has 2 heterocycles.